The molecule has 8 heteroatoms. The van der Waals surface area contributed by atoms with Crippen LogP contribution in [-0.2, 0) is 15.7 Å². The third-order valence-electron chi connectivity index (χ3n) is 7.35. The summed E-state index contributed by atoms with van der Waals surface area (Å²) in [6.45, 7) is 5.40. The van der Waals surface area contributed by atoms with Crippen molar-refractivity contribution in [3.05, 3.63) is 71.6 Å². The van der Waals surface area contributed by atoms with E-state index < -0.39 is 7.37 Å². The number of nitrogens with zero attached hydrogens (tertiary/aromatic N) is 3. The third-order valence-corrected chi connectivity index (χ3v) is 9.36. The lowest BCUT2D eigenvalue weighted by molar-refractivity contribution is 0.286. The second kappa shape index (κ2) is 15.0. The molecule has 2 aliphatic rings. The van der Waals surface area contributed by atoms with Crippen LogP contribution in [0.15, 0.2) is 75.4 Å². The van der Waals surface area contributed by atoms with Gasteiger partial charge in [-0.1, -0.05) is 54.6 Å². The summed E-state index contributed by atoms with van der Waals surface area (Å²) in [6.07, 6.45) is 17.9. The molecule has 2 unspecified atom stereocenters. The molecule has 3 rings (SSSR count). The molecule has 206 valence electrons. The lowest BCUT2D eigenvalue weighted by Crippen LogP contribution is -2.22. The van der Waals surface area contributed by atoms with Gasteiger partial charge >= 0.3 is 0 Å². The first-order chi connectivity index (χ1) is 18.3. The van der Waals surface area contributed by atoms with Crippen LogP contribution in [0.3, 0.4) is 0 Å². The minimum absolute atomic E-state index is 0.187. The number of allylic oxidation sites excluding steroid dienone is 4. The minimum Gasteiger partial charge on any atom is -0.474 e. The topological polar surface area (TPSA) is 110 Å². The molecule has 0 bridgehead atoms. The molecule has 3 N–H and O–H groups in total. The van der Waals surface area contributed by atoms with Crippen LogP contribution in [-0.4, -0.2) is 48.8 Å². The van der Waals surface area contributed by atoms with Crippen molar-refractivity contribution in [3.63, 3.8) is 0 Å². The van der Waals surface area contributed by atoms with Crippen molar-refractivity contribution in [1.82, 2.24) is 0 Å². The summed E-state index contributed by atoms with van der Waals surface area (Å²) in [5.41, 5.74) is 9.74. The van der Waals surface area contributed by atoms with E-state index in [1.807, 2.05) is 6.92 Å². The molecule has 1 saturated carbocycles. The summed E-state index contributed by atoms with van der Waals surface area (Å²) in [5, 5.41) is 0. The van der Waals surface area contributed by atoms with Crippen molar-refractivity contribution in [3.8, 4) is 0 Å². The van der Waals surface area contributed by atoms with Crippen LogP contribution in [0.2, 0.25) is 0 Å². The molecule has 1 aromatic carbocycles. The summed E-state index contributed by atoms with van der Waals surface area (Å²) >= 11 is 0. The van der Waals surface area contributed by atoms with Crippen molar-refractivity contribution in [2.45, 2.75) is 64.4 Å². The smallest absolute Gasteiger partial charge is 0.201 e. The molecular weight excluding hydrogens is 495 g/mol. The second-order valence-electron chi connectivity index (χ2n) is 10.4. The Bertz CT molecular complexity index is 1110. The second-order valence-corrected chi connectivity index (χ2v) is 12.9. The van der Waals surface area contributed by atoms with E-state index in [9.17, 15) is 9.46 Å². The Kier molecular flexibility index (Phi) is 11.8. The number of rotatable bonds is 13. The van der Waals surface area contributed by atoms with Crippen LogP contribution in [0.1, 0.15) is 63.0 Å². The Labute approximate surface area is 227 Å². The molecular formula is C30H43N4O3P. The first-order valence-corrected chi connectivity index (χ1v) is 15.6. The molecule has 0 radical (unpaired) electrons. The van der Waals surface area contributed by atoms with E-state index in [4.69, 9.17) is 10.5 Å². The van der Waals surface area contributed by atoms with E-state index >= 15 is 0 Å². The predicted molar refractivity (Wildman–Crippen MR) is 160 cm³/mol. The van der Waals surface area contributed by atoms with Gasteiger partial charge in [-0.3, -0.25) is 9.56 Å². The van der Waals surface area contributed by atoms with Gasteiger partial charge in [0.2, 0.25) is 7.37 Å². The Hall–Kier alpha value is -2.76. The average molecular weight is 539 g/mol. The van der Waals surface area contributed by atoms with Gasteiger partial charge in [0.1, 0.15) is 18.3 Å². The van der Waals surface area contributed by atoms with Gasteiger partial charge in [-0.05, 0) is 81.3 Å². The van der Waals surface area contributed by atoms with E-state index in [0.29, 0.717) is 24.2 Å². The fraction of sp³-hybridized carbons (Fsp3) is 0.500. The lowest BCUT2D eigenvalue weighted by atomic mass is 9.80. The zero-order chi connectivity index (χ0) is 27.4. The first kappa shape index (κ1) is 29.8. The largest absolute Gasteiger partial charge is 0.474 e. The zero-order valence-electron chi connectivity index (χ0n) is 22.8. The lowest BCUT2D eigenvalue weighted by Gasteiger charge is -2.30. The van der Waals surface area contributed by atoms with Crippen LogP contribution >= 0.6 is 7.37 Å². The average Bonchev–Trinajstić information content (AvgIpc) is 2.90. The predicted octanol–water partition coefficient (Wildman–Crippen LogP) is 6.28. The van der Waals surface area contributed by atoms with E-state index in [2.05, 4.69) is 64.0 Å². The van der Waals surface area contributed by atoms with Gasteiger partial charge in [0.25, 0.3) is 0 Å². The summed E-state index contributed by atoms with van der Waals surface area (Å²) in [6, 6.07) is 8.53. The van der Waals surface area contributed by atoms with E-state index in [-0.39, 0.29) is 11.9 Å². The molecule has 0 aromatic heterocycles. The first-order valence-electron chi connectivity index (χ1n) is 13.6. The van der Waals surface area contributed by atoms with Gasteiger partial charge in [0.15, 0.2) is 6.40 Å². The van der Waals surface area contributed by atoms with Crippen LogP contribution in [0.25, 0.3) is 0 Å². The molecule has 2 aliphatic carbocycles. The Morgan fingerprint density at radius 1 is 1.21 bits per heavy atom. The molecule has 2 atom stereocenters. The quantitative estimate of drug-likeness (QED) is 0.175. The molecule has 0 spiro atoms. The molecule has 38 heavy (non-hydrogen) atoms. The zero-order valence-corrected chi connectivity index (χ0v) is 23.7. The monoisotopic (exact) mass is 538 g/mol. The number of hydrogen-bond acceptors (Lipinski definition) is 5. The highest BCUT2D eigenvalue weighted by Gasteiger charge is 2.28. The van der Waals surface area contributed by atoms with Crippen LogP contribution in [0.4, 0.5) is 0 Å². The molecule has 0 saturated heterocycles. The number of ether oxygens (including phenoxy) is 1. The van der Waals surface area contributed by atoms with Crippen molar-refractivity contribution in [2.24, 2.45) is 32.5 Å². The van der Waals surface area contributed by atoms with Crippen molar-refractivity contribution in [1.29, 1.82) is 0 Å². The maximum absolute atomic E-state index is 12.8. The van der Waals surface area contributed by atoms with Gasteiger partial charge in [-0.25, -0.2) is 9.98 Å². The Morgan fingerprint density at radius 3 is 2.55 bits per heavy atom. The summed E-state index contributed by atoms with van der Waals surface area (Å²) in [5.74, 6) is 1.18. The van der Waals surface area contributed by atoms with Crippen molar-refractivity contribution in [2.75, 3.05) is 19.4 Å². The summed E-state index contributed by atoms with van der Waals surface area (Å²) in [4.78, 5) is 22.7. The normalized spacial score (nSPS) is 22.8. The maximum Gasteiger partial charge on any atom is 0.201 e. The van der Waals surface area contributed by atoms with Gasteiger partial charge in [0.05, 0.1) is 5.71 Å². The van der Waals surface area contributed by atoms with E-state index in [0.717, 1.165) is 62.6 Å². The van der Waals surface area contributed by atoms with Gasteiger partial charge < -0.3 is 15.4 Å². The van der Waals surface area contributed by atoms with Crippen LogP contribution < -0.4 is 5.73 Å². The van der Waals surface area contributed by atoms with Gasteiger partial charge in [-0.2, -0.15) is 0 Å². The SMILES string of the molecule is C=C(N)/N=C\N=COC(C)C(=NC)c1ccc(CC2CCC(CP(=O)(O)CCC3=CCCC=C3)CC2)cc1. The van der Waals surface area contributed by atoms with Crippen LogP contribution in [0, 0.1) is 11.8 Å². The molecule has 1 fully saturated rings. The van der Waals surface area contributed by atoms with E-state index in [1.165, 1.54) is 23.9 Å². The standard InChI is InChI=1S/C30H43N4O3P/c1-23(37-22-33-21-34-24(2)31)30(32-3)29-15-13-27(14-16-29)19-26-9-11-28(12-10-26)20-38(35,36)18-17-25-7-5-4-6-8-25/h5,7-8,13-16,21-23,26,28H,2,4,6,9-12,17-20,31H2,1,3H3,(H,35,36)/b32-30?,33-22?,34-21-. The number of benzene rings is 1. The highest BCUT2D eigenvalue weighted by molar-refractivity contribution is 7.58. The maximum atomic E-state index is 12.8. The van der Waals surface area contributed by atoms with Crippen molar-refractivity contribution >= 4 is 25.8 Å². The fourth-order valence-electron chi connectivity index (χ4n) is 5.29. The molecule has 0 heterocycles. The highest BCUT2D eigenvalue weighted by atomic mass is 31.2. The summed E-state index contributed by atoms with van der Waals surface area (Å²) < 4.78 is 18.5. The van der Waals surface area contributed by atoms with E-state index in [1.54, 1.807) is 7.05 Å². The van der Waals surface area contributed by atoms with Crippen molar-refractivity contribution < 1.29 is 14.2 Å². The minimum atomic E-state index is -3.07. The molecule has 7 nitrogen and oxygen atoms in total. The third kappa shape index (κ3) is 10.2. The number of aliphatic imine (C=N–C) groups is 3. The van der Waals surface area contributed by atoms with Gasteiger partial charge in [-0.15, -0.1) is 0 Å². The Balaban J connectivity index is 1.43. The molecule has 1 aromatic rings. The molecule has 0 aliphatic heterocycles. The number of hydrogen-bond donors (Lipinski definition) is 2. The number of nitrogens with two attached hydrogens (primary N) is 1. The fourth-order valence-corrected chi connectivity index (χ4v) is 7.25. The Morgan fingerprint density at radius 2 is 1.92 bits per heavy atom. The highest BCUT2D eigenvalue weighted by Crippen LogP contribution is 2.47. The molecule has 0 amide bonds. The van der Waals surface area contributed by atoms with Crippen LogP contribution in [0.5, 0.6) is 0 Å². The van der Waals surface area contributed by atoms with Gasteiger partial charge in [0, 0.05) is 19.4 Å². The summed E-state index contributed by atoms with van der Waals surface area (Å²) in [7, 11) is -1.32.